The van der Waals surface area contributed by atoms with Crippen molar-refractivity contribution in [3.8, 4) is 0 Å². The predicted molar refractivity (Wildman–Crippen MR) is 48.7 cm³/mol. The third-order valence-electron chi connectivity index (χ3n) is 2.39. The normalized spacial score (nSPS) is 28.2. The van der Waals surface area contributed by atoms with E-state index in [2.05, 4.69) is 13.8 Å². The van der Waals surface area contributed by atoms with Gasteiger partial charge in [-0.25, -0.2) is 0 Å². The summed E-state index contributed by atoms with van der Waals surface area (Å²) in [7, 11) is 0. The van der Waals surface area contributed by atoms with Gasteiger partial charge in [0.25, 0.3) is 5.95 Å². The highest BCUT2D eigenvalue weighted by Gasteiger charge is 2.27. The van der Waals surface area contributed by atoms with E-state index in [-0.39, 0.29) is 12.2 Å². The van der Waals surface area contributed by atoms with Crippen LogP contribution in [0, 0.1) is 0 Å². The molecule has 1 aliphatic heterocycles. The molecule has 2 nitrogen and oxygen atoms in total. The average Bonchev–Trinajstić information content (AvgIpc) is 2.35. The number of hydrogen-bond acceptors (Lipinski definition) is 2. The van der Waals surface area contributed by atoms with E-state index < -0.39 is 0 Å². The third kappa shape index (κ3) is 1.74. The summed E-state index contributed by atoms with van der Waals surface area (Å²) < 4.78 is 11.1. The first kappa shape index (κ1) is 9.43. The number of hydrogen-bond donors (Lipinski definition) is 0. The molecule has 0 radical (unpaired) electrons. The molecule has 1 heterocycles. The summed E-state index contributed by atoms with van der Waals surface area (Å²) in [5, 5.41) is 0. The maximum atomic E-state index is 5.57. The van der Waals surface area contributed by atoms with Crippen molar-refractivity contribution in [1.82, 2.24) is 0 Å². The van der Waals surface area contributed by atoms with Gasteiger partial charge in [-0.1, -0.05) is 13.8 Å². The van der Waals surface area contributed by atoms with Crippen molar-refractivity contribution in [3.05, 3.63) is 11.5 Å². The number of rotatable bonds is 2. The van der Waals surface area contributed by atoms with Crippen LogP contribution in [0.4, 0.5) is 0 Å². The van der Waals surface area contributed by atoms with Crippen molar-refractivity contribution >= 4 is 0 Å². The predicted octanol–water partition coefficient (Wildman–Crippen LogP) is 2.84. The van der Waals surface area contributed by atoms with Gasteiger partial charge in [-0.2, -0.15) is 0 Å². The van der Waals surface area contributed by atoms with Gasteiger partial charge in [-0.3, -0.25) is 0 Å². The molecule has 0 N–H and O–H groups in total. The van der Waals surface area contributed by atoms with Crippen LogP contribution >= 0.6 is 0 Å². The Morgan fingerprint density at radius 3 is 1.83 bits per heavy atom. The van der Waals surface area contributed by atoms with E-state index in [4.69, 9.17) is 9.47 Å². The first-order chi connectivity index (χ1) is 5.69. The van der Waals surface area contributed by atoms with Gasteiger partial charge in [-0.15, -0.1) is 0 Å². The summed E-state index contributed by atoms with van der Waals surface area (Å²) in [4.78, 5) is 0. The van der Waals surface area contributed by atoms with Crippen molar-refractivity contribution in [1.29, 1.82) is 0 Å². The first-order valence-electron chi connectivity index (χ1n) is 4.74. The minimum atomic E-state index is 0.202. The molecule has 2 atom stereocenters. The van der Waals surface area contributed by atoms with Crippen molar-refractivity contribution in [2.45, 2.75) is 52.7 Å². The van der Waals surface area contributed by atoms with E-state index in [9.17, 15) is 0 Å². The summed E-state index contributed by atoms with van der Waals surface area (Å²) in [5.74, 6) is 0.778. The van der Waals surface area contributed by atoms with E-state index in [1.165, 1.54) is 5.57 Å². The van der Waals surface area contributed by atoms with Gasteiger partial charge in [0.2, 0.25) is 0 Å². The van der Waals surface area contributed by atoms with Crippen LogP contribution in [0.3, 0.4) is 0 Å². The quantitative estimate of drug-likeness (QED) is 0.634. The first-order valence-corrected chi connectivity index (χ1v) is 4.74. The van der Waals surface area contributed by atoms with Gasteiger partial charge in [0, 0.05) is 5.57 Å². The molecule has 0 aromatic rings. The Morgan fingerprint density at radius 1 is 1.08 bits per heavy atom. The SMILES string of the molecule is CCC(CC)=C1OC(C)C(C)O1. The molecular weight excluding hydrogens is 152 g/mol. The largest absolute Gasteiger partial charge is 0.459 e. The minimum Gasteiger partial charge on any atom is -0.459 e. The van der Waals surface area contributed by atoms with Crippen LogP contribution in [0.25, 0.3) is 0 Å². The molecule has 0 aromatic carbocycles. The maximum Gasteiger partial charge on any atom is 0.279 e. The molecule has 1 rings (SSSR count). The van der Waals surface area contributed by atoms with E-state index in [0.29, 0.717) is 0 Å². The topological polar surface area (TPSA) is 18.5 Å². The lowest BCUT2D eigenvalue weighted by molar-refractivity contribution is 0.138. The lowest BCUT2D eigenvalue weighted by Crippen LogP contribution is -2.13. The molecule has 12 heavy (non-hydrogen) atoms. The van der Waals surface area contributed by atoms with Crippen LogP contribution in [0.2, 0.25) is 0 Å². The molecule has 70 valence electrons. The fourth-order valence-electron chi connectivity index (χ4n) is 1.26. The lowest BCUT2D eigenvalue weighted by atomic mass is 10.2. The standard InChI is InChI=1S/C10H18O2/c1-5-9(6-2)10-11-7(3)8(4)12-10/h7-8H,5-6H2,1-4H3. The van der Waals surface area contributed by atoms with Crippen molar-refractivity contribution in [2.75, 3.05) is 0 Å². The zero-order valence-electron chi connectivity index (χ0n) is 8.39. The highest BCUT2D eigenvalue weighted by Crippen LogP contribution is 2.26. The Labute approximate surface area is 74.6 Å². The summed E-state index contributed by atoms with van der Waals surface area (Å²) in [6, 6.07) is 0. The second kappa shape index (κ2) is 3.83. The average molecular weight is 170 g/mol. The van der Waals surface area contributed by atoms with Gasteiger partial charge in [0.15, 0.2) is 0 Å². The Kier molecular flexibility index (Phi) is 3.01. The zero-order valence-corrected chi connectivity index (χ0v) is 8.39. The fourth-order valence-corrected chi connectivity index (χ4v) is 1.26. The highest BCUT2D eigenvalue weighted by atomic mass is 16.7. The molecule has 2 unspecified atom stereocenters. The molecule has 0 saturated carbocycles. The van der Waals surface area contributed by atoms with Crippen LogP contribution in [-0.2, 0) is 9.47 Å². The molecule has 0 aliphatic carbocycles. The van der Waals surface area contributed by atoms with E-state index >= 15 is 0 Å². The Balaban J connectivity index is 2.70. The highest BCUT2D eigenvalue weighted by molar-refractivity contribution is 5.05. The lowest BCUT2D eigenvalue weighted by Gasteiger charge is -2.05. The molecule has 2 heteroatoms. The third-order valence-corrected chi connectivity index (χ3v) is 2.39. The second-order valence-electron chi connectivity index (χ2n) is 3.24. The van der Waals surface area contributed by atoms with Crippen LogP contribution in [0.1, 0.15) is 40.5 Å². The van der Waals surface area contributed by atoms with Crippen LogP contribution in [0.15, 0.2) is 11.5 Å². The number of allylic oxidation sites excluding steroid dienone is 1. The monoisotopic (exact) mass is 170 g/mol. The second-order valence-corrected chi connectivity index (χ2v) is 3.24. The van der Waals surface area contributed by atoms with Gasteiger partial charge >= 0.3 is 0 Å². The van der Waals surface area contributed by atoms with Crippen LogP contribution in [0.5, 0.6) is 0 Å². The molecule has 1 saturated heterocycles. The van der Waals surface area contributed by atoms with E-state index in [1.54, 1.807) is 0 Å². The van der Waals surface area contributed by atoms with Crippen molar-refractivity contribution in [3.63, 3.8) is 0 Å². The van der Waals surface area contributed by atoms with Gasteiger partial charge in [0.1, 0.15) is 12.2 Å². The Bertz CT molecular complexity index is 166. The van der Waals surface area contributed by atoms with Gasteiger partial charge in [0.05, 0.1) is 0 Å². The van der Waals surface area contributed by atoms with Gasteiger partial charge < -0.3 is 9.47 Å². The minimum absolute atomic E-state index is 0.202. The molecule has 0 spiro atoms. The Morgan fingerprint density at radius 2 is 1.50 bits per heavy atom. The summed E-state index contributed by atoms with van der Waals surface area (Å²) in [6.07, 6.45) is 2.44. The molecular formula is C10H18O2. The molecule has 0 bridgehead atoms. The van der Waals surface area contributed by atoms with E-state index in [0.717, 1.165) is 18.8 Å². The number of ether oxygens (including phenoxy) is 2. The van der Waals surface area contributed by atoms with Crippen molar-refractivity contribution in [2.24, 2.45) is 0 Å². The summed E-state index contributed by atoms with van der Waals surface area (Å²) in [5.41, 5.74) is 1.28. The van der Waals surface area contributed by atoms with Gasteiger partial charge in [-0.05, 0) is 26.7 Å². The van der Waals surface area contributed by atoms with Crippen LogP contribution in [-0.4, -0.2) is 12.2 Å². The molecule has 0 amide bonds. The smallest absolute Gasteiger partial charge is 0.279 e. The summed E-state index contributed by atoms with van der Waals surface area (Å²) >= 11 is 0. The molecule has 1 fully saturated rings. The molecule has 1 aliphatic rings. The van der Waals surface area contributed by atoms with E-state index in [1.807, 2.05) is 13.8 Å². The van der Waals surface area contributed by atoms with Crippen LogP contribution < -0.4 is 0 Å². The van der Waals surface area contributed by atoms with Crippen molar-refractivity contribution < 1.29 is 9.47 Å². The fraction of sp³-hybridized carbons (Fsp3) is 0.800. The summed E-state index contributed by atoms with van der Waals surface area (Å²) in [6.45, 7) is 8.35. The Hall–Kier alpha value is -0.660. The zero-order chi connectivity index (χ0) is 9.14. The maximum absolute atomic E-state index is 5.57. The molecule has 0 aromatic heterocycles.